The normalized spacial score (nSPS) is 16.8. The van der Waals surface area contributed by atoms with Crippen molar-refractivity contribution >= 4 is 15.9 Å². The largest absolute Gasteiger partial charge is 0.390 e. The van der Waals surface area contributed by atoms with Gasteiger partial charge >= 0.3 is 0 Å². The summed E-state index contributed by atoms with van der Waals surface area (Å²) in [6, 6.07) is 7.95. The molecular weight excluding hydrogens is 294 g/mol. The molecule has 1 saturated carbocycles. The number of aryl methyl sites for hydroxylation is 1. The first-order valence-electron chi connectivity index (χ1n) is 6.04. The zero-order chi connectivity index (χ0) is 12.6. The van der Waals surface area contributed by atoms with Gasteiger partial charge in [-0.05, 0) is 25.3 Å². The van der Waals surface area contributed by atoms with Crippen molar-refractivity contribution in [3.63, 3.8) is 0 Å². The van der Waals surface area contributed by atoms with Gasteiger partial charge in [-0.3, -0.25) is 4.68 Å². The Morgan fingerprint density at radius 3 is 2.83 bits per heavy atom. The molecule has 1 fully saturated rings. The lowest BCUT2D eigenvalue weighted by Gasteiger charge is -2.05. The number of aromatic nitrogens is 3. The van der Waals surface area contributed by atoms with Crippen LogP contribution in [0.25, 0.3) is 11.3 Å². The molecule has 1 aromatic heterocycles. The van der Waals surface area contributed by atoms with Gasteiger partial charge in [0.05, 0.1) is 11.8 Å². The number of halogens is 1. The lowest BCUT2D eigenvalue weighted by molar-refractivity contribution is 0.132. The van der Waals surface area contributed by atoms with Crippen LogP contribution in [-0.2, 0) is 6.54 Å². The van der Waals surface area contributed by atoms with Crippen molar-refractivity contribution in [1.29, 1.82) is 0 Å². The van der Waals surface area contributed by atoms with Crippen LogP contribution in [0.2, 0.25) is 0 Å². The summed E-state index contributed by atoms with van der Waals surface area (Å²) in [6.07, 6.45) is 4.51. The maximum absolute atomic E-state index is 9.79. The molecule has 1 N–H and O–H groups in total. The van der Waals surface area contributed by atoms with Crippen LogP contribution in [-0.4, -0.2) is 25.7 Å². The van der Waals surface area contributed by atoms with Crippen LogP contribution in [0.3, 0.4) is 0 Å². The molecule has 1 aliphatic carbocycles. The van der Waals surface area contributed by atoms with Crippen LogP contribution in [0.4, 0.5) is 0 Å². The van der Waals surface area contributed by atoms with Gasteiger partial charge in [0.2, 0.25) is 0 Å². The van der Waals surface area contributed by atoms with Crippen molar-refractivity contribution in [2.45, 2.75) is 31.4 Å². The molecule has 0 spiro atoms. The lowest BCUT2D eigenvalue weighted by atomic mass is 10.2. The minimum absolute atomic E-state index is 0.431. The molecule has 18 heavy (non-hydrogen) atoms. The molecule has 1 heterocycles. The van der Waals surface area contributed by atoms with Gasteiger partial charge in [0.25, 0.3) is 0 Å². The van der Waals surface area contributed by atoms with Crippen molar-refractivity contribution in [3.05, 3.63) is 34.9 Å². The summed E-state index contributed by atoms with van der Waals surface area (Å²) in [6.45, 7) is 0.716. The highest BCUT2D eigenvalue weighted by atomic mass is 79.9. The van der Waals surface area contributed by atoms with E-state index in [9.17, 15) is 5.11 Å². The molecule has 0 bridgehead atoms. The predicted octanol–water partition coefficient (Wildman–Crippen LogP) is 2.62. The van der Waals surface area contributed by atoms with E-state index in [4.69, 9.17) is 0 Å². The fourth-order valence-corrected chi connectivity index (χ4v) is 2.40. The summed E-state index contributed by atoms with van der Waals surface area (Å²) in [4.78, 5) is 0. The molecule has 1 aromatic carbocycles. The molecule has 2 aromatic rings. The Morgan fingerprint density at radius 2 is 2.11 bits per heavy atom. The second kappa shape index (κ2) is 4.48. The summed E-state index contributed by atoms with van der Waals surface area (Å²) < 4.78 is 2.81. The second-order valence-electron chi connectivity index (χ2n) is 4.82. The van der Waals surface area contributed by atoms with Crippen LogP contribution < -0.4 is 0 Å². The highest BCUT2D eigenvalue weighted by molar-refractivity contribution is 9.10. The SMILES string of the molecule is OC1(CCn2cc(-c3ccccc3Br)nn2)CC1. The third kappa shape index (κ3) is 2.47. The molecule has 0 radical (unpaired) electrons. The Labute approximate surface area is 114 Å². The molecule has 5 heteroatoms. The smallest absolute Gasteiger partial charge is 0.114 e. The fourth-order valence-electron chi connectivity index (χ4n) is 1.92. The third-order valence-corrected chi connectivity index (χ3v) is 4.01. The zero-order valence-corrected chi connectivity index (χ0v) is 11.5. The Morgan fingerprint density at radius 1 is 1.33 bits per heavy atom. The van der Waals surface area contributed by atoms with Crippen LogP contribution in [0.1, 0.15) is 19.3 Å². The van der Waals surface area contributed by atoms with Gasteiger partial charge in [0.1, 0.15) is 5.69 Å². The third-order valence-electron chi connectivity index (χ3n) is 3.32. The van der Waals surface area contributed by atoms with E-state index < -0.39 is 5.60 Å². The Hall–Kier alpha value is -1.20. The van der Waals surface area contributed by atoms with Crippen LogP contribution in [0.5, 0.6) is 0 Å². The first kappa shape index (κ1) is 11.9. The molecule has 0 saturated heterocycles. The molecule has 0 atom stereocenters. The standard InChI is InChI=1S/C13H14BrN3O/c14-11-4-2-1-3-10(11)12-9-17(16-15-12)8-7-13(18)5-6-13/h1-4,9,18H,5-8H2. The number of nitrogens with zero attached hydrogens (tertiary/aromatic N) is 3. The Bertz CT molecular complexity index is 563. The highest BCUT2D eigenvalue weighted by Gasteiger charge is 2.39. The average molecular weight is 308 g/mol. The van der Waals surface area contributed by atoms with E-state index in [-0.39, 0.29) is 0 Å². The van der Waals surface area contributed by atoms with Crippen molar-refractivity contribution in [2.75, 3.05) is 0 Å². The quantitative estimate of drug-likeness (QED) is 0.944. The van der Waals surface area contributed by atoms with Crippen molar-refractivity contribution in [3.8, 4) is 11.3 Å². The summed E-state index contributed by atoms with van der Waals surface area (Å²) in [7, 11) is 0. The van der Waals surface area contributed by atoms with E-state index in [0.29, 0.717) is 6.54 Å². The van der Waals surface area contributed by atoms with E-state index in [0.717, 1.165) is 35.0 Å². The molecular formula is C13H14BrN3O. The molecule has 0 aliphatic heterocycles. The fraction of sp³-hybridized carbons (Fsp3) is 0.385. The molecule has 94 valence electrons. The number of benzene rings is 1. The van der Waals surface area contributed by atoms with Gasteiger partial charge in [-0.15, -0.1) is 5.10 Å². The first-order valence-corrected chi connectivity index (χ1v) is 6.83. The lowest BCUT2D eigenvalue weighted by Crippen LogP contribution is -2.11. The average Bonchev–Trinajstić information content (AvgIpc) is 2.92. The van der Waals surface area contributed by atoms with E-state index in [2.05, 4.69) is 26.2 Å². The van der Waals surface area contributed by atoms with E-state index >= 15 is 0 Å². The van der Waals surface area contributed by atoms with Crippen LogP contribution >= 0.6 is 15.9 Å². The van der Waals surface area contributed by atoms with Gasteiger partial charge in [-0.1, -0.05) is 39.3 Å². The van der Waals surface area contributed by atoms with Gasteiger partial charge in [0, 0.05) is 16.6 Å². The number of hydrogen-bond acceptors (Lipinski definition) is 3. The minimum Gasteiger partial charge on any atom is -0.390 e. The summed E-state index contributed by atoms with van der Waals surface area (Å²) in [5, 5.41) is 18.1. The topological polar surface area (TPSA) is 50.9 Å². The second-order valence-corrected chi connectivity index (χ2v) is 5.68. The van der Waals surface area contributed by atoms with Gasteiger partial charge < -0.3 is 5.11 Å². The van der Waals surface area contributed by atoms with Gasteiger partial charge in [-0.25, -0.2) is 0 Å². The molecule has 0 unspecified atom stereocenters. The summed E-state index contributed by atoms with van der Waals surface area (Å²) >= 11 is 3.51. The maximum atomic E-state index is 9.79. The molecule has 1 aliphatic rings. The first-order chi connectivity index (χ1) is 8.66. The number of rotatable bonds is 4. The Balaban J connectivity index is 1.75. The summed E-state index contributed by atoms with van der Waals surface area (Å²) in [5.74, 6) is 0. The van der Waals surface area contributed by atoms with Crippen LogP contribution in [0.15, 0.2) is 34.9 Å². The minimum atomic E-state index is -0.431. The zero-order valence-electron chi connectivity index (χ0n) is 9.88. The van der Waals surface area contributed by atoms with E-state index in [1.807, 2.05) is 30.5 Å². The molecule has 0 amide bonds. The van der Waals surface area contributed by atoms with Gasteiger partial charge in [-0.2, -0.15) is 0 Å². The maximum Gasteiger partial charge on any atom is 0.114 e. The highest BCUT2D eigenvalue weighted by Crippen LogP contribution is 2.38. The number of hydrogen-bond donors (Lipinski definition) is 1. The predicted molar refractivity (Wildman–Crippen MR) is 72.0 cm³/mol. The summed E-state index contributed by atoms with van der Waals surface area (Å²) in [5.41, 5.74) is 1.46. The van der Waals surface area contributed by atoms with Crippen molar-refractivity contribution in [2.24, 2.45) is 0 Å². The monoisotopic (exact) mass is 307 g/mol. The van der Waals surface area contributed by atoms with E-state index in [1.54, 1.807) is 4.68 Å². The van der Waals surface area contributed by atoms with Gasteiger partial charge in [0.15, 0.2) is 0 Å². The van der Waals surface area contributed by atoms with Crippen LogP contribution in [0, 0.1) is 0 Å². The molecule has 4 nitrogen and oxygen atoms in total. The Kier molecular flexibility index (Phi) is 2.95. The van der Waals surface area contributed by atoms with E-state index in [1.165, 1.54) is 0 Å². The molecule has 3 rings (SSSR count). The van der Waals surface area contributed by atoms with Crippen molar-refractivity contribution in [1.82, 2.24) is 15.0 Å². The van der Waals surface area contributed by atoms with Crippen molar-refractivity contribution < 1.29 is 5.11 Å². The number of aliphatic hydroxyl groups is 1.